The molecule has 58 valence electrons. The topological polar surface area (TPSA) is 12.5 Å². The zero-order valence-electron chi connectivity index (χ0n) is 6.51. The van der Waals surface area contributed by atoms with Crippen molar-refractivity contribution in [2.45, 2.75) is 44.6 Å². The van der Waals surface area contributed by atoms with Crippen molar-refractivity contribution in [2.75, 3.05) is 6.61 Å². The molecule has 2 fully saturated rings. The minimum Gasteiger partial charge on any atom is -0.373 e. The molecule has 1 aliphatic carbocycles. The van der Waals surface area contributed by atoms with Crippen LogP contribution >= 0.6 is 0 Å². The summed E-state index contributed by atoms with van der Waals surface area (Å²) in [7, 11) is 0. The monoisotopic (exact) mass is 140 g/mol. The number of hydrogen-bond donors (Lipinski definition) is 0. The van der Waals surface area contributed by atoms with Gasteiger partial charge in [-0.25, -0.2) is 0 Å². The minimum atomic E-state index is 0.670. The van der Waals surface area contributed by atoms with Crippen molar-refractivity contribution in [3.63, 3.8) is 0 Å². The molecule has 1 saturated carbocycles. The van der Waals surface area contributed by atoms with E-state index in [1.165, 1.54) is 38.5 Å². The molecule has 0 aromatic heterocycles. The van der Waals surface area contributed by atoms with Gasteiger partial charge >= 0.3 is 0 Å². The normalized spacial score (nSPS) is 34.2. The second kappa shape index (κ2) is 2.91. The van der Waals surface area contributed by atoms with E-state index in [1.54, 1.807) is 0 Å². The molecule has 0 bridgehead atoms. The average Bonchev–Trinajstić information content (AvgIpc) is 2.74. The van der Waals surface area contributed by atoms with Crippen LogP contribution < -0.4 is 0 Å². The Kier molecular flexibility index (Phi) is 1.94. The van der Waals surface area contributed by atoms with Crippen molar-refractivity contribution in [1.82, 2.24) is 0 Å². The highest BCUT2D eigenvalue weighted by Crippen LogP contribution is 2.30. The molecule has 0 aromatic carbocycles. The molecule has 0 unspecified atom stereocenters. The second-order valence-electron chi connectivity index (χ2n) is 3.70. The Labute approximate surface area is 62.8 Å². The summed E-state index contributed by atoms with van der Waals surface area (Å²) in [6, 6.07) is 0. The lowest BCUT2D eigenvalue weighted by molar-refractivity contribution is 0.293. The maximum absolute atomic E-state index is 5.21. The van der Waals surface area contributed by atoms with E-state index in [2.05, 4.69) is 0 Å². The summed E-state index contributed by atoms with van der Waals surface area (Å²) in [6.45, 7) is 1.05. The van der Waals surface area contributed by atoms with Crippen LogP contribution in [0, 0.1) is 5.92 Å². The van der Waals surface area contributed by atoms with E-state index < -0.39 is 0 Å². The first kappa shape index (κ1) is 6.66. The smallest absolute Gasteiger partial charge is 0.0812 e. The molecule has 1 saturated heterocycles. The van der Waals surface area contributed by atoms with Gasteiger partial charge in [-0.15, -0.1) is 0 Å². The first-order valence-electron chi connectivity index (χ1n) is 4.57. The van der Waals surface area contributed by atoms with Gasteiger partial charge in [0.25, 0.3) is 0 Å². The second-order valence-corrected chi connectivity index (χ2v) is 3.70. The van der Waals surface area contributed by atoms with Gasteiger partial charge in [-0.1, -0.05) is 32.1 Å². The van der Waals surface area contributed by atoms with Crippen LogP contribution in [-0.2, 0) is 4.74 Å². The van der Waals surface area contributed by atoms with Crippen LogP contribution in [0.15, 0.2) is 0 Å². The van der Waals surface area contributed by atoms with Gasteiger partial charge in [0.2, 0.25) is 0 Å². The highest BCUT2D eigenvalue weighted by Gasteiger charge is 2.27. The Bertz CT molecular complexity index is 101. The highest BCUT2D eigenvalue weighted by atomic mass is 16.6. The van der Waals surface area contributed by atoms with Crippen LogP contribution in [0.2, 0.25) is 0 Å². The highest BCUT2D eigenvalue weighted by molar-refractivity contribution is 4.76. The average molecular weight is 140 g/mol. The molecular weight excluding hydrogens is 124 g/mol. The third kappa shape index (κ3) is 1.72. The van der Waals surface area contributed by atoms with Gasteiger partial charge in [0.05, 0.1) is 12.7 Å². The molecule has 0 N–H and O–H groups in total. The van der Waals surface area contributed by atoms with Crippen molar-refractivity contribution in [3.8, 4) is 0 Å². The van der Waals surface area contributed by atoms with Crippen molar-refractivity contribution < 1.29 is 4.74 Å². The number of epoxide rings is 1. The molecule has 10 heavy (non-hydrogen) atoms. The molecular formula is C9H16O. The van der Waals surface area contributed by atoms with Gasteiger partial charge in [-0.3, -0.25) is 0 Å². The molecule has 1 atom stereocenters. The predicted molar refractivity (Wildman–Crippen MR) is 40.9 cm³/mol. The van der Waals surface area contributed by atoms with Gasteiger partial charge in [0.1, 0.15) is 0 Å². The summed E-state index contributed by atoms with van der Waals surface area (Å²) < 4.78 is 5.21. The molecule has 0 aromatic rings. The van der Waals surface area contributed by atoms with Crippen LogP contribution in [0.1, 0.15) is 38.5 Å². The van der Waals surface area contributed by atoms with Crippen molar-refractivity contribution >= 4 is 0 Å². The number of rotatable bonds is 2. The maximum atomic E-state index is 5.21. The van der Waals surface area contributed by atoms with Gasteiger partial charge in [0.15, 0.2) is 0 Å². The Morgan fingerprint density at radius 2 is 1.80 bits per heavy atom. The van der Waals surface area contributed by atoms with Crippen LogP contribution in [0.3, 0.4) is 0 Å². The maximum Gasteiger partial charge on any atom is 0.0812 e. The summed E-state index contributed by atoms with van der Waals surface area (Å²) in [5.74, 6) is 1.02. The van der Waals surface area contributed by atoms with E-state index in [0.717, 1.165) is 12.5 Å². The van der Waals surface area contributed by atoms with Crippen molar-refractivity contribution in [3.05, 3.63) is 0 Å². The molecule has 0 amide bonds. The quantitative estimate of drug-likeness (QED) is 0.536. The van der Waals surface area contributed by atoms with E-state index in [9.17, 15) is 0 Å². The van der Waals surface area contributed by atoms with Gasteiger partial charge in [-0.05, 0) is 12.3 Å². The molecule has 2 rings (SSSR count). The predicted octanol–water partition coefficient (Wildman–Crippen LogP) is 2.36. The fourth-order valence-electron chi connectivity index (χ4n) is 2.00. The fraction of sp³-hybridized carbons (Fsp3) is 1.00. The Hall–Kier alpha value is -0.0400. The molecule has 1 heterocycles. The lowest BCUT2D eigenvalue weighted by Gasteiger charge is -2.20. The summed E-state index contributed by atoms with van der Waals surface area (Å²) in [4.78, 5) is 0. The molecule has 0 radical (unpaired) electrons. The first-order valence-corrected chi connectivity index (χ1v) is 4.57. The first-order chi connectivity index (χ1) is 4.95. The Morgan fingerprint density at radius 3 is 2.40 bits per heavy atom. The van der Waals surface area contributed by atoms with Crippen molar-refractivity contribution in [2.24, 2.45) is 5.92 Å². The van der Waals surface area contributed by atoms with Crippen LogP contribution in [0.5, 0.6) is 0 Å². The van der Waals surface area contributed by atoms with Crippen LogP contribution in [0.4, 0.5) is 0 Å². The van der Waals surface area contributed by atoms with Crippen LogP contribution in [0.25, 0.3) is 0 Å². The third-order valence-corrected chi connectivity index (χ3v) is 2.72. The summed E-state index contributed by atoms with van der Waals surface area (Å²) in [6.07, 6.45) is 9.39. The number of ether oxygens (including phenoxy) is 1. The minimum absolute atomic E-state index is 0.670. The standard InChI is InChI=1S/C9H16O/c1-2-4-8(5-3-1)6-9-7-10-9/h8-9H,1-7H2/t9-/m1/s1. The Morgan fingerprint density at radius 1 is 1.10 bits per heavy atom. The van der Waals surface area contributed by atoms with E-state index in [1.807, 2.05) is 0 Å². The van der Waals surface area contributed by atoms with E-state index in [0.29, 0.717) is 6.10 Å². The summed E-state index contributed by atoms with van der Waals surface area (Å²) >= 11 is 0. The van der Waals surface area contributed by atoms with Crippen molar-refractivity contribution in [1.29, 1.82) is 0 Å². The van der Waals surface area contributed by atoms with E-state index in [4.69, 9.17) is 4.74 Å². The van der Waals surface area contributed by atoms with E-state index in [-0.39, 0.29) is 0 Å². The number of hydrogen-bond acceptors (Lipinski definition) is 1. The van der Waals surface area contributed by atoms with Gasteiger partial charge in [-0.2, -0.15) is 0 Å². The molecule has 1 nitrogen and oxygen atoms in total. The molecule has 1 heteroatoms. The Balaban J connectivity index is 1.69. The van der Waals surface area contributed by atoms with Gasteiger partial charge in [0, 0.05) is 0 Å². The van der Waals surface area contributed by atoms with E-state index >= 15 is 0 Å². The molecule has 0 spiro atoms. The largest absolute Gasteiger partial charge is 0.373 e. The van der Waals surface area contributed by atoms with Gasteiger partial charge < -0.3 is 4.74 Å². The SMILES string of the molecule is C1CCC(C[C@@H]2CO2)CC1. The summed E-state index contributed by atoms with van der Waals surface area (Å²) in [5, 5.41) is 0. The zero-order valence-corrected chi connectivity index (χ0v) is 6.51. The zero-order chi connectivity index (χ0) is 6.81. The fourth-order valence-corrected chi connectivity index (χ4v) is 2.00. The lowest BCUT2D eigenvalue weighted by atomic mass is 9.86. The molecule has 2 aliphatic rings. The van der Waals surface area contributed by atoms with Crippen LogP contribution in [-0.4, -0.2) is 12.7 Å². The summed E-state index contributed by atoms with van der Waals surface area (Å²) in [5.41, 5.74) is 0. The third-order valence-electron chi connectivity index (χ3n) is 2.72. The lowest BCUT2D eigenvalue weighted by Crippen LogP contribution is -2.08. The molecule has 1 aliphatic heterocycles.